The van der Waals surface area contributed by atoms with Crippen LogP contribution in [0, 0.1) is 0 Å². The third-order valence-corrected chi connectivity index (χ3v) is 13.3. The summed E-state index contributed by atoms with van der Waals surface area (Å²) in [5.41, 5.74) is 18.9. The van der Waals surface area contributed by atoms with Crippen molar-refractivity contribution in [2.45, 2.75) is 31.6 Å². The van der Waals surface area contributed by atoms with E-state index in [4.69, 9.17) is 0 Å². The van der Waals surface area contributed by atoms with Crippen LogP contribution in [0.3, 0.4) is 0 Å². The highest BCUT2D eigenvalue weighted by molar-refractivity contribution is 6.09. The Morgan fingerprint density at radius 3 is 1.52 bits per heavy atom. The molecule has 10 aromatic carbocycles. The van der Waals surface area contributed by atoms with Gasteiger partial charge in [-0.05, 0) is 102 Å². The maximum atomic E-state index is 2.54. The van der Waals surface area contributed by atoms with Gasteiger partial charge in [-0.3, -0.25) is 0 Å². The zero-order chi connectivity index (χ0) is 43.3. The highest BCUT2D eigenvalue weighted by Crippen LogP contribution is 2.60. The van der Waals surface area contributed by atoms with Gasteiger partial charge in [0.15, 0.2) is 0 Å². The molecule has 0 spiro atoms. The van der Waals surface area contributed by atoms with E-state index in [-0.39, 0.29) is 5.41 Å². The normalized spacial score (nSPS) is 12.7. The number of hydrogen-bond donors (Lipinski definition) is 0. The number of fused-ring (bicyclic) bond motifs is 4. The Labute approximate surface area is 377 Å². The van der Waals surface area contributed by atoms with Crippen molar-refractivity contribution >= 4 is 27.8 Å². The molecule has 0 atom stereocenters. The van der Waals surface area contributed by atoms with E-state index in [1.54, 1.807) is 0 Å². The van der Waals surface area contributed by atoms with Gasteiger partial charge in [-0.15, -0.1) is 0 Å². The van der Waals surface area contributed by atoms with Crippen molar-refractivity contribution in [3.63, 3.8) is 0 Å². The van der Waals surface area contributed by atoms with Gasteiger partial charge in [0.05, 0.1) is 16.8 Å². The average Bonchev–Trinajstić information content (AvgIpc) is 3.66. The molecular formula is C63H49N. The zero-order valence-corrected chi connectivity index (χ0v) is 36.5. The summed E-state index contributed by atoms with van der Waals surface area (Å²) in [6, 6.07) is 89.8. The van der Waals surface area contributed by atoms with Crippen LogP contribution in [-0.4, -0.2) is 0 Å². The molecular weight excluding hydrogens is 771 g/mol. The minimum Gasteiger partial charge on any atom is -0.309 e. The second kappa shape index (κ2) is 15.9. The van der Waals surface area contributed by atoms with E-state index < -0.39 is 5.41 Å². The first-order valence-corrected chi connectivity index (χ1v) is 22.4. The van der Waals surface area contributed by atoms with Gasteiger partial charge < -0.3 is 4.90 Å². The molecule has 0 amide bonds. The first-order chi connectivity index (χ1) is 31.4. The first kappa shape index (κ1) is 39.1. The van der Waals surface area contributed by atoms with E-state index in [2.05, 4.69) is 268 Å². The van der Waals surface area contributed by atoms with Crippen molar-refractivity contribution in [1.29, 1.82) is 0 Å². The summed E-state index contributed by atoms with van der Waals surface area (Å²) in [5.74, 6) is 0. The molecule has 306 valence electrons. The van der Waals surface area contributed by atoms with E-state index in [0.29, 0.717) is 0 Å². The van der Waals surface area contributed by atoms with E-state index in [9.17, 15) is 0 Å². The Bertz CT molecular complexity index is 3230. The molecule has 10 aromatic rings. The smallest absolute Gasteiger partial charge is 0.0714 e. The number of hydrogen-bond acceptors (Lipinski definition) is 1. The average molecular weight is 820 g/mol. The molecule has 0 bridgehead atoms. The van der Waals surface area contributed by atoms with Crippen molar-refractivity contribution in [3.8, 4) is 44.5 Å². The third-order valence-electron chi connectivity index (χ3n) is 13.3. The Hall–Kier alpha value is -7.74. The topological polar surface area (TPSA) is 3.24 Å². The molecule has 64 heavy (non-hydrogen) atoms. The van der Waals surface area contributed by atoms with Crippen molar-refractivity contribution in [3.05, 3.63) is 270 Å². The number of anilines is 3. The highest BCUT2D eigenvalue weighted by Gasteiger charge is 2.47. The lowest BCUT2D eigenvalue weighted by atomic mass is 9.68. The fraction of sp³-hybridized carbons (Fsp3) is 0.0794. The predicted molar refractivity (Wildman–Crippen MR) is 271 cm³/mol. The molecule has 1 heteroatoms. The van der Waals surface area contributed by atoms with E-state index in [1.165, 1.54) is 83.1 Å². The number of benzene rings is 10. The summed E-state index contributed by atoms with van der Waals surface area (Å²) in [6.07, 6.45) is 0. The molecule has 0 aromatic heterocycles. The lowest BCUT2D eigenvalue weighted by Crippen LogP contribution is -2.28. The Balaban J connectivity index is 1.22. The summed E-state index contributed by atoms with van der Waals surface area (Å²) in [7, 11) is 0. The van der Waals surface area contributed by atoms with Crippen LogP contribution in [0.5, 0.6) is 0 Å². The van der Waals surface area contributed by atoms with Gasteiger partial charge in [0, 0.05) is 16.8 Å². The maximum Gasteiger partial charge on any atom is 0.0714 e. The second-order valence-corrected chi connectivity index (χ2v) is 18.0. The van der Waals surface area contributed by atoms with Crippen LogP contribution >= 0.6 is 0 Å². The molecule has 0 fully saturated rings. The second-order valence-electron chi connectivity index (χ2n) is 18.0. The molecule has 1 aliphatic carbocycles. The lowest BCUT2D eigenvalue weighted by Gasteiger charge is -2.35. The summed E-state index contributed by atoms with van der Waals surface area (Å²) >= 11 is 0. The molecule has 0 N–H and O–H groups in total. The van der Waals surface area contributed by atoms with Crippen LogP contribution in [0.15, 0.2) is 243 Å². The largest absolute Gasteiger partial charge is 0.309 e. The summed E-state index contributed by atoms with van der Waals surface area (Å²) in [6.45, 7) is 6.81. The van der Waals surface area contributed by atoms with Gasteiger partial charge in [0.1, 0.15) is 0 Å². The van der Waals surface area contributed by atoms with E-state index in [1.807, 2.05) is 0 Å². The van der Waals surface area contributed by atoms with Gasteiger partial charge in [-0.2, -0.15) is 0 Å². The monoisotopic (exact) mass is 819 g/mol. The third kappa shape index (κ3) is 6.47. The molecule has 0 radical (unpaired) electrons. The molecule has 0 unspecified atom stereocenters. The van der Waals surface area contributed by atoms with Gasteiger partial charge in [0.2, 0.25) is 0 Å². The summed E-state index contributed by atoms with van der Waals surface area (Å²) in [4.78, 5) is 2.54. The Morgan fingerprint density at radius 1 is 0.344 bits per heavy atom. The zero-order valence-electron chi connectivity index (χ0n) is 36.5. The quantitative estimate of drug-likeness (QED) is 0.148. The van der Waals surface area contributed by atoms with Crippen LogP contribution in [0.2, 0.25) is 0 Å². The minimum atomic E-state index is -0.536. The van der Waals surface area contributed by atoms with Gasteiger partial charge >= 0.3 is 0 Å². The fourth-order valence-corrected chi connectivity index (χ4v) is 10.3. The van der Waals surface area contributed by atoms with Gasteiger partial charge in [-0.25, -0.2) is 0 Å². The Kier molecular flexibility index (Phi) is 9.70. The van der Waals surface area contributed by atoms with Crippen molar-refractivity contribution in [1.82, 2.24) is 0 Å². The molecule has 0 heterocycles. The summed E-state index contributed by atoms with van der Waals surface area (Å²) in [5, 5.41) is 2.41. The van der Waals surface area contributed by atoms with Crippen LogP contribution < -0.4 is 4.90 Å². The standard InChI is InChI=1S/C63H49N/c1-62(2,3)48-39-34-44(35-40-48)45-36-41-51(42-37-45)64(59-43-38-47-22-13-14-28-53(47)60(59)54-29-16-15-27-52(54)46-20-7-4-8-21-46)58-33-19-32-57-61(58)55-30-17-18-31-56(55)63(57,49-23-9-5-10-24-49)50-25-11-6-12-26-50/h4-43H,1-3H3. The fourth-order valence-electron chi connectivity index (χ4n) is 10.3. The molecule has 0 saturated carbocycles. The van der Waals surface area contributed by atoms with Crippen molar-refractivity contribution in [2.24, 2.45) is 0 Å². The van der Waals surface area contributed by atoms with Crippen LogP contribution in [0.1, 0.15) is 48.6 Å². The lowest BCUT2D eigenvalue weighted by molar-refractivity contribution is 0.590. The molecule has 1 aliphatic rings. The van der Waals surface area contributed by atoms with Gasteiger partial charge in [-0.1, -0.05) is 239 Å². The van der Waals surface area contributed by atoms with Gasteiger partial charge in [0.25, 0.3) is 0 Å². The first-order valence-electron chi connectivity index (χ1n) is 22.4. The van der Waals surface area contributed by atoms with E-state index in [0.717, 1.165) is 17.1 Å². The molecule has 1 nitrogen and oxygen atoms in total. The maximum absolute atomic E-state index is 2.54. The number of rotatable bonds is 8. The molecule has 11 rings (SSSR count). The minimum absolute atomic E-state index is 0.0900. The van der Waals surface area contributed by atoms with Crippen LogP contribution in [0.25, 0.3) is 55.3 Å². The van der Waals surface area contributed by atoms with Crippen LogP contribution in [-0.2, 0) is 10.8 Å². The highest BCUT2D eigenvalue weighted by atomic mass is 15.1. The van der Waals surface area contributed by atoms with Crippen LogP contribution in [0.4, 0.5) is 17.1 Å². The Morgan fingerprint density at radius 2 is 0.859 bits per heavy atom. The number of nitrogens with zero attached hydrogens (tertiary/aromatic N) is 1. The van der Waals surface area contributed by atoms with Crippen molar-refractivity contribution < 1.29 is 0 Å². The van der Waals surface area contributed by atoms with E-state index >= 15 is 0 Å². The summed E-state index contributed by atoms with van der Waals surface area (Å²) < 4.78 is 0. The SMILES string of the molecule is CC(C)(C)c1ccc(-c2ccc(N(c3cccc4c3-c3ccccc3C4(c3ccccc3)c3ccccc3)c3ccc4ccccc4c3-c3ccccc3-c3ccccc3)cc2)cc1. The molecule has 0 saturated heterocycles. The molecule has 0 aliphatic heterocycles. The predicted octanol–water partition coefficient (Wildman–Crippen LogP) is 17.0. The van der Waals surface area contributed by atoms with Crippen molar-refractivity contribution in [2.75, 3.05) is 4.90 Å².